The van der Waals surface area contributed by atoms with Crippen molar-refractivity contribution in [3.8, 4) is 0 Å². The van der Waals surface area contributed by atoms with Crippen molar-refractivity contribution in [2.24, 2.45) is 0 Å². The van der Waals surface area contributed by atoms with Crippen LogP contribution in [0.1, 0.15) is 45.0 Å². The number of carbonyl (C=O) groups is 1. The maximum Gasteiger partial charge on any atom is 0.245 e. The lowest BCUT2D eigenvalue weighted by Crippen LogP contribution is -2.45. The van der Waals surface area contributed by atoms with Gasteiger partial charge in [-0.2, -0.15) is 0 Å². The van der Waals surface area contributed by atoms with E-state index in [0.29, 0.717) is 19.3 Å². The summed E-state index contributed by atoms with van der Waals surface area (Å²) < 4.78 is 25.4. The molecular weight excluding hydrogens is 350 g/mol. The summed E-state index contributed by atoms with van der Waals surface area (Å²) in [6.07, 6.45) is 2.46. The molecule has 6 nitrogen and oxygen atoms in total. The quantitative estimate of drug-likeness (QED) is 0.803. The monoisotopic (exact) mass is 377 g/mol. The molecule has 7 heteroatoms. The molecule has 1 amide bonds. The van der Waals surface area contributed by atoms with Gasteiger partial charge in [-0.15, -0.1) is 0 Å². The SMILES string of the molecule is CCc1nc2ccccc2n1C(CC)C(=O)N(C)C1CCS(=O)(=O)CC1. The second kappa shape index (κ2) is 7.39. The zero-order chi connectivity index (χ0) is 18.9. The van der Waals surface area contributed by atoms with Crippen LogP contribution in [0.4, 0.5) is 0 Å². The van der Waals surface area contributed by atoms with E-state index in [-0.39, 0.29) is 29.5 Å². The first-order valence-electron chi connectivity index (χ1n) is 9.30. The van der Waals surface area contributed by atoms with Gasteiger partial charge in [0.25, 0.3) is 0 Å². The number of carbonyl (C=O) groups excluding carboxylic acids is 1. The summed E-state index contributed by atoms with van der Waals surface area (Å²) in [5.41, 5.74) is 1.88. The molecule has 1 atom stereocenters. The number of imidazole rings is 1. The number of fused-ring (bicyclic) bond motifs is 1. The van der Waals surface area contributed by atoms with E-state index in [1.807, 2.05) is 38.1 Å². The minimum Gasteiger partial charge on any atom is -0.341 e. The normalized spacial score (nSPS) is 18.7. The summed E-state index contributed by atoms with van der Waals surface area (Å²) in [6.45, 7) is 4.06. The number of amides is 1. The Morgan fingerprint density at radius 3 is 2.54 bits per heavy atom. The predicted molar refractivity (Wildman–Crippen MR) is 103 cm³/mol. The Morgan fingerprint density at radius 2 is 1.92 bits per heavy atom. The standard InChI is InChI=1S/C19H27N3O3S/c1-4-16(19(23)21(3)14-10-12-26(24,25)13-11-14)22-17-9-7-6-8-15(17)20-18(22)5-2/h6-9,14,16H,4-5,10-13H2,1-3H3. The molecule has 2 aromatic rings. The molecule has 1 aromatic heterocycles. The molecule has 1 saturated heterocycles. The maximum atomic E-state index is 13.3. The molecule has 0 radical (unpaired) electrons. The summed E-state index contributed by atoms with van der Waals surface area (Å²) in [7, 11) is -1.13. The van der Waals surface area contributed by atoms with Gasteiger partial charge < -0.3 is 9.47 Å². The molecular formula is C19H27N3O3S. The Balaban J connectivity index is 1.90. The molecule has 1 aromatic carbocycles. The first-order chi connectivity index (χ1) is 12.4. The zero-order valence-corrected chi connectivity index (χ0v) is 16.5. The van der Waals surface area contributed by atoms with Crippen molar-refractivity contribution in [2.75, 3.05) is 18.6 Å². The van der Waals surface area contributed by atoms with Crippen LogP contribution in [-0.4, -0.2) is 53.4 Å². The fourth-order valence-electron chi connectivity index (χ4n) is 3.84. The Morgan fingerprint density at radius 1 is 1.27 bits per heavy atom. The number of para-hydroxylation sites is 2. The van der Waals surface area contributed by atoms with Crippen LogP contribution in [0.5, 0.6) is 0 Å². The van der Waals surface area contributed by atoms with Crippen molar-refractivity contribution < 1.29 is 13.2 Å². The third-order valence-corrected chi connectivity index (χ3v) is 7.10. The van der Waals surface area contributed by atoms with Crippen LogP contribution in [-0.2, 0) is 21.1 Å². The molecule has 1 aliphatic rings. The van der Waals surface area contributed by atoms with E-state index in [1.54, 1.807) is 11.9 Å². The number of hydrogen-bond acceptors (Lipinski definition) is 4. The molecule has 1 aliphatic heterocycles. The Bertz CT molecular complexity index is 890. The zero-order valence-electron chi connectivity index (χ0n) is 15.7. The second-order valence-corrected chi connectivity index (χ2v) is 9.30. The van der Waals surface area contributed by atoms with Crippen molar-refractivity contribution in [3.05, 3.63) is 30.1 Å². The number of sulfone groups is 1. The molecule has 1 fully saturated rings. The summed E-state index contributed by atoms with van der Waals surface area (Å²) in [6, 6.07) is 7.56. The summed E-state index contributed by atoms with van der Waals surface area (Å²) >= 11 is 0. The number of aryl methyl sites for hydroxylation is 1. The first kappa shape index (κ1) is 18.9. The number of rotatable bonds is 5. The van der Waals surface area contributed by atoms with Gasteiger partial charge in [0.1, 0.15) is 21.7 Å². The van der Waals surface area contributed by atoms with Crippen molar-refractivity contribution in [3.63, 3.8) is 0 Å². The van der Waals surface area contributed by atoms with Gasteiger partial charge in [0.15, 0.2) is 0 Å². The summed E-state index contributed by atoms with van der Waals surface area (Å²) in [5, 5.41) is 0. The lowest BCUT2D eigenvalue weighted by Gasteiger charge is -2.34. The Labute approximate surface area is 155 Å². The number of likely N-dealkylation sites (N-methyl/N-ethyl adjacent to an activating group) is 1. The van der Waals surface area contributed by atoms with Gasteiger partial charge in [0.05, 0.1) is 22.5 Å². The fourth-order valence-corrected chi connectivity index (χ4v) is 5.31. The molecule has 0 bridgehead atoms. The van der Waals surface area contributed by atoms with Crippen LogP contribution in [0, 0.1) is 0 Å². The number of benzene rings is 1. The van der Waals surface area contributed by atoms with Gasteiger partial charge in [-0.05, 0) is 31.4 Å². The minimum absolute atomic E-state index is 0.0139. The van der Waals surface area contributed by atoms with Crippen LogP contribution < -0.4 is 0 Å². The van der Waals surface area contributed by atoms with E-state index in [9.17, 15) is 13.2 Å². The van der Waals surface area contributed by atoms with Crippen LogP contribution in [0.2, 0.25) is 0 Å². The molecule has 0 spiro atoms. The van der Waals surface area contributed by atoms with Crippen molar-refractivity contribution in [1.82, 2.24) is 14.5 Å². The van der Waals surface area contributed by atoms with Crippen LogP contribution in [0.3, 0.4) is 0 Å². The highest BCUT2D eigenvalue weighted by Gasteiger charge is 2.33. The summed E-state index contributed by atoms with van der Waals surface area (Å²) in [4.78, 5) is 19.7. The predicted octanol–water partition coefficient (Wildman–Crippen LogP) is 2.59. The van der Waals surface area contributed by atoms with E-state index < -0.39 is 9.84 Å². The topological polar surface area (TPSA) is 72.3 Å². The van der Waals surface area contributed by atoms with E-state index in [1.165, 1.54) is 0 Å². The smallest absolute Gasteiger partial charge is 0.245 e. The maximum absolute atomic E-state index is 13.3. The molecule has 142 valence electrons. The fraction of sp³-hybridized carbons (Fsp3) is 0.579. The lowest BCUT2D eigenvalue weighted by molar-refractivity contribution is -0.135. The van der Waals surface area contributed by atoms with Gasteiger partial charge >= 0.3 is 0 Å². The van der Waals surface area contributed by atoms with E-state index in [0.717, 1.165) is 23.3 Å². The number of nitrogens with zero attached hydrogens (tertiary/aromatic N) is 3. The third kappa shape index (κ3) is 3.49. The molecule has 3 rings (SSSR count). The van der Waals surface area contributed by atoms with Gasteiger partial charge in [0, 0.05) is 19.5 Å². The molecule has 1 unspecified atom stereocenters. The number of hydrogen-bond donors (Lipinski definition) is 0. The van der Waals surface area contributed by atoms with Crippen molar-refractivity contribution >= 4 is 26.8 Å². The van der Waals surface area contributed by atoms with Crippen LogP contribution in [0.25, 0.3) is 11.0 Å². The van der Waals surface area contributed by atoms with Gasteiger partial charge in [0.2, 0.25) is 5.91 Å². The lowest BCUT2D eigenvalue weighted by atomic mass is 10.1. The second-order valence-electron chi connectivity index (χ2n) is 7.00. The highest BCUT2D eigenvalue weighted by molar-refractivity contribution is 7.91. The van der Waals surface area contributed by atoms with Crippen LogP contribution >= 0.6 is 0 Å². The average molecular weight is 378 g/mol. The average Bonchev–Trinajstić information content (AvgIpc) is 3.00. The van der Waals surface area contributed by atoms with Crippen molar-refractivity contribution in [2.45, 2.75) is 51.6 Å². The van der Waals surface area contributed by atoms with Gasteiger partial charge in [-0.3, -0.25) is 4.79 Å². The molecule has 26 heavy (non-hydrogen) atoms. The number of aromatic nitrogens is 2. The molecule has 2 heterocycles. The van der Waals surface area contributed by atoms with E-state index >= 15 is 0 Å². The molecule has 0 N–H and O–H groups in total. The Hall–Kier alpha value is -1.89. The molecule has 0 aliphatic carbocycles. The van der Waals surface area contributed by atoms with E-state index in [2.05, 4.69) is 9.55 Å². The molecule has 0 saturated carbocycles. The largest absolute Gasteiger partial charge is 0.341 e. The van der Waals surface area contributed by atoms with E-state index in [4.69, 9.17) is 0 Å². The highest BCUT2D eigenvalue weighted by Crippen LogP contribution is 2.27. The third-order valence-electron chi connectivity index (χ3n) is 5.39. The van der Waals surface area contributed by atoms with Crippen molar-refractivity contribution in [1.29, 1.82) is 0 Å². The minimum atomic E-state index is -2.94. The highest BCUT2D eigenvalue weighted by atomic mass is 32.2. The van der Waals surface area contributed by atoms with Gasteiger partial charge in [-0.1, -0.05) is 26.0 Å². The summed E-state index contributed by atoms with van der Waals surface area (Å²) in [5.74, 6) is 1.28. The first-order valence-corrected chi connectivity index (χ1v) is 11.1. The van der Waals surface area contributed by atoms with Gasteiger partial charge in [-0.25, -0.2) is 13.4 Å². The Kier molecular flexibility index (Phi) is 5.37. The van der Waals surface area contributed by atoms with Crippen LogP contribution in [0.15, 0.2) is 24.3 Å².